The first-order chi connectivity index (χ1) is 12.9. The summed E-state index contributed by atoms with van der Waals surface area (Å²) in [6, 6.07) is 13.7. The van der Waals surface area contributed by atoms with E-state index in [2.05, 4.69) is 47.1 Å². The second-order valence-corrected chi connectivity index (χ2v) is 9.02. The van der Waals surface area contributed by atoms with Crippen molar-refractivity contribution in [2.45, 2.75) is 95.8 Å². The van der Waals surface area contributed by atoms with Crippen molar-refractivity contribution >= 4 is 0 Å². The third-order valence-corrected chi connectivity index (χ3v) is 7.38. The lowest BCUT2D eigenvalue weighted by Gasteiger charge is -2.57. The lowest BCUT2D eigenvalue weighted by Crippen LogP contribution is -2.63. The minimum absolute atomic E-state index is 0.829. The van der Waals surface area contributed by atoms with E-state index in [4.69, 9.17) is 0 Å². The van der Waals surface area contributed by atoms with E-state index in [1.807, 2.05) is 0 Å². The lowest BCUT2D eigenvalue weighted by molar-refractivity contribution is -0.0689. The molecule has 2 heteroatoms. The monoisotopic (exact) mass is 354 g/mol. The molecule has 4 rings (SSSR count). The zero-order valence-corrected chi connectivity index (χ0v) is 16.8. The SMILES string of the molecule is CCCCC[C@@H]1C[C@@H]2[C@H](CCCN2Cc2ccccc2)[C@H]2CCCCN12. The van der Waals surface area contributed by atoms with Crippen LogP contribution in [0.1, 0.15) is 76.7 Å². The molecule has 2 nitrogen and oxygen atoms in total. The van der Waals surface area contributed by atoms with E-state index in [1.54, 1.807) is 0 Å². The molecule has 3 saturated heterocycles. The van der Waals surface area contributed by atoms with E-state index in [1.165, 1.54) is 82.9 Å². The van der Waals surface area contributed by atoms with E-state index in [9.17, 15) is 0 Å². The molecule has 0 bridgehead atoms. The molecule has 1 aromatic carbocycles. The van der Waals surface area contributed by atoms with Crippen molar-refractivity contribution < 1.29 is 0 Å². The Morgan fingerprint density at radius 3 is 2.65 bits per heavy atom. The summed E-state index contributed by atoms with van der Waals surface area (Å²) < 4.78 is 0. The first-order valence-electron chi connectivity index (χ1n) is 11.4. The average molecular weight is 355 g/mol. The van der Waals surface area contributed by atoms with Crippen molar-refractivity contribution in [3.8, 4) is 0 Å². The van der Waals surface area contributed by atoms with Gasteiger partial charge in [0, 0.05) is 24.7 Å². The summed E-state index contributed by atoms with van der Waals surface area (Å²) in [4.78, 5) is 5.84. The van der Waals surface area contributed by atoms with Crippen molar-refractivity contribution in [2.24, 2.45) is 5.92 Å². The maximum Gasteiger partial charge on any atom is 0.0236 e. The van der Waals surface area contributed by atoms with E-state index >= 15 is 0 Å². The molecule has 0 saturated carbocycles. The minimum atomic E-state index is 0.829. The molecule has 3 aliphatic heterocycles. The minimum Gasteiger partial charge on any atom is -0.297 e. The number of fused-ring (bicyclic) bond motifs is 3. The predicted molar refractivity (Wildman–Crippen MR) is 110 cm³/mol. The maximum absolute atomic E-state index is 2.98. The summed E-state index contributed by atoms with van der Waals surface area (Å²) in [7, 11) is 0. The summed E-state index contributed by atoms with van der Waals surface area (Å²) >= 11 is 0. The van der Waals surface area contributed by atoms with Gasteiger partial charge in [0.2, 0.25) is 0 Å². The van der Waals surface area contributed by atoms with E-state index < -0.39 is 0 Å². The van der Waals surface area contributed by atoms with Crippen LogP contribution in [0.5, 0.6) is 0 Å². The number of benzene rings is 1. The molecule has 3 heterocycles. The summed E-state index contributed by atoms with van der Waals surface area (Å²) in [6.07, 6.45) is 14.3. The van der Waals surface area contributed by atoms with Crippen molar-refractivity contribution in [1.29, 1.82) is 0 Å². The number of rotatable bonds is 6. The van der Waals surface area contributed by atoms with Crippen molar-refractivity contribution in [3.05, 3.63) is 35.9 Å². The molecular formula is C24H38N2. The topological polar surface area (TPSA) is 6.48 Å². The van der Waals surface area contributed by atoms with Gasteiger partial charge in [-0.1, -0.05) is 62.9 Å². The summed E-state index contributed by atoms with van der Waals surface area (Å²) in [5.41, 5.74) is 1.50. The molecule has 1 aromatic rings. The fraction of sp³-hybridized carbons (Fsp3) is 0.750. The summed E-state index contributed by atoms with van der Waals surface area (Å²) in [6.45, 7) is 6.19. The number of piperidine rings is 3. The van der Waals surface area contributed by atoms with Crippen molar-refractivity contribution in [3.63, 3.8) is 0 Å². The van der Waals surface area contributed by atoms with Gasteiger partial charge < -0.3 is 0 Å². The predicted octanol–water partition coefficient (Wildman–Crippen LogP) is 5.47. The van der Waals surface area contributed by atoms with Gasteiger partial charge in [-0.25, -0.2) is 0 Å². The first-order valence-corrected chi connectivity index (χ1v) is 11.4. The highest BCUT2D eigenvalue weighted by Crippen LogP contribution is 2.42. The van der Waals surface area contributed by atoms with Gasteiger partial charge >= 0.3 is 0 Å². The Labute approximate surface area is 161 Å². The fourth-order valence-corrected chi connectivity index (χ4v) is 6.17. The molecule has 0 amide bonds. The van der Waals surface area contributed by atoms with Gasteiger partial charge in [-0.05, 0) is 63.1 Å². The Kier molecular flexibility index (Phi) is 6.32. The molecule has 0 spiro atoms. The van der Waals surface area contributed by atoms with Crippen LogP contribution < -0.4 is 0 Å². The zero-order valence-electron chi connectivity index (χ0n) is 16.8. The number of nitrogens with zero attached hydrogens (tertiary/aromatic N) is 2. The van der Waals surface area contributed by atoms with Crippen LogP contribution in [-0.4, -0.2) is 41.0 Å². The van der Waals surface area contributed by atoms with Crippen LogP contribution in [0.25, 0.3) is 0 Å². The number of hydrogen-bond donors (Lipinski definition) is 0. The van der Waals surface area contributed by atoms with Gasteiger partial charge in [-0.15, -0.1) is 0 Å². The van der Waals surface area contributed by atoms with Crippen LogP contribution in [0.4, 0.5) is 0 Å². The molecule has 4 atom stereocenters. The summed E-state index contributed by atoms with van der Waals surface area (Å²) in [5, 5.41) is 0. The average Bonchev–Trinajstić information content (AvgIpc) is 2.69. The molecule has 26 heavy (non-hydrogen) atoms. The van der Waals surface area contributed by atoms with Gasteiger partial charge in [0.25, 0.3) is 0 Å². The maximum atomic E-state index is 2.98. The highest BCUT2D eigenvalue weighted by Gasteiger charge is 2.46. The molecule has 0 aliphatic carbocycles. The molecule has 144 valence electrons. The van der Waals surface area contributed by atoms with Crippen LogP contribution in [0.3, 0.4) is 0 Å². The van der Waals surface area contributed by atoms with Gasteiger partial charge in [-0.2, -0.15) is 0 Å². The van der Waals surface area contributed by atoms with Crippen molar-refractivity contribution in [2.75, 3.05) is 13.1 Å². The first kappa shape index (κ1) is 18.5. The Morgan fingerprint density at radius 1 is 0.923 bits per heavy atom. The molecular weight excluding hydrogens is 316 g/mol. The van der Waals surface area contributed by atoms with E-state index in [0.29, 0.717) is 0 Å². The zero-order chi connectivity index (χ0) is 17.8. The highest BCUT2D eigenvalue weighted by molar-refractivity contribution is 5.15. The molecule has 0 aromatic heterocycles. The Morgan fingerprint density at radius 2 is 1.81 bits per heavy atom. The highest BCUT2D eigenvalue weighted by atomic mass is 15.3. The van der Waals surface area contributed by atoms with E-state index in [-0.39, 0.29) is 0 Å². The van der Waals surface area contributed by atoms with Crippen LogP contribution >= 0.6 is 0 Å². The normalized spacial score (nSPS) is 32.8. The second-order valence-electron chi connectivity index (χ2n) is 9.02. The molecule has 0 unspecified atom stereocenters. The smallest absolute Gasteiger partial charge is 0.0236 e. The van der Waals surface area contributed by atoms with Crippen LogP contribution in [0.2, 0.25) is 0 Å². The Balaban J connectivity index is 1.50. The quantitative estimate of drug-likeness (QED) is 0.625. The van der Waals surface area contributed by atoms with Crippen LogP contribution in [0, 0.1) is 5.92 Å². The molecule has 3 aliphatic rings. The van der Waals surface area contributed by atoms with Crippen LogP contribution in [0.15, 0.2) is 30.3 Å². The number of unbranched alkanes of at least 4 members (excludes halogenated alkanes) is 2. The third kappa shape index (κ3) is 4.02. The fourth-order valence-electron chi connectivity index (χ4n) is 6.17. The number of hydrogen-bond acceptors (Lipinski definition) is 2. The van der Waals surface area contributed by atoms with Gasteiger partial charge in [0.15, 0.2) is 0 Å². The molecule has 0 radical (unpaired) electrons. The number of likely N-dealkylation sites (tertiary alicyclic amines) is 1. The van der Waals surface area contributed by atoms with Gasteiger partial charge in [0.05, 0.1) is 0 Å². The standard InChI is InChI=1S/C24H38N2/c1-2-3-5-13-21-18-24-22(23-15-8-9-17-26(21)23)14-10-16-25(24)19-20-11-6-4-7-12-20/h4,6-7,11-12,21-24H,2-3,5,8-10,13-19H2,1H3/t21-,22-,23-,24-/m1/s1. The Bertz CT molecular complexity index is 542. The third-order valence-electron chi connectivity index (χ3n) is 7.38. The van der Waals surface area contributed by atoms with Gasteiger partial charge in [0.1, 0.15) is 0 Å². The molecule has 3 fully saturated rings. The largest absolute Gasteiger partial charge is 0.297 e. The van der Waals surface area contributed by atoms with Crippen LogP contribution in [-0.2, 0) is 6.54 Å². The van der Waals surface area contributed by atoms with E-state index in [0.717, 1.165) is 30.6 Å². The van der Waals surface area contributed by atoms with Crippen molar-refractivity contribution in [1.82, 2.24) is 9.80 Å². The van der Waals surface area contributed by atoms with Gasteiger partial charge in [-0.3, -0.25) is 9.80 Å². The lowest BCUT2D eigenvalue weighted by atomic mass is 9.72. The summed E-state index contributed by atoms with van der Waals surface area (Å²) in [5.74, 6) is 0.926. The molecule has 0 N–H and O–H groups in total. The second kappa shape index (κ2) is 8.89. The Hall–Kier alpha value is -0.860.